The monoisotopic (exact) mass is 506 g/mol. The molecule has 190 valence electrons. The first-order chi connectivity index (χ1) is 18.5. The third-order valence-corrected chi connectivity index (χ3v) is 8.35. The zero-order valence-electron chi connectivity index (χ0n) is 20.7. The number of methoxy groups -OCH3 is 1. The standard InChI is InChI=1S/C30H26N4O4/c1-38-24-13-7-2-8-17(24)16-34-27(35)25-23(14-18-15-31-21-11-5-3-9-19(18)21)33-30(26(25)28(34)36)20-10-4-6-12-22(20)32-29(30)37/h2-13,15,23,25-26,31,33H,14,16H2,1H3,(H,32,37)/t23-,25-,26+,30+/m1/s1. The molecule has 8 heteroatoms. The highest BCUT2D eigenvalue weighted by Gasteiger charge is 2.70. The molecular formula is C30H26N4O4. The van der Waals surface area contributed by atoms with Crippen LogP contribution in [0.25, 0.3) is 10.9 Å². The van der Waals surface area contributed by atoms with Crippen molar-refractivity contribution in [2.24, 2.45) is 11.8 Å². The first-order valence-electron chi connectivity index (χ1n) is 12.7. The molecular weight excluding hydrogens is 480 g/mol. The van der Waals surface area contributed by atoms with Crippen LogP contribution in [0.15, 0.2) is 79.0 Å². The Morgan fingerprint density at radius 2 is 1.66 bits per heavy atom. The first-order valence-corrected chi connectivity index (χ1v) is 12.7. The number of nitrogens with one attached hydrogen (secondary N) is 3. The summed E-state index contributed by atoms with van der Waals surface area (Å²) in [5, 5.41) is 7.55. The average Bonchev–Trinajstić information content (AvgIpc) is 3.65. The number of carbonyl (C=O) groups excluding carboxylic acids is 3. The molecule has 8 nitrogen and oxygen atoms in total. The van der Waals surface area contributed by atoms with Crippen molar-refractivity contribution in [3.63, 3.8) is 0 Å². The van der Waals surface area contributed by atoms with Crippen LogP contribution in [-0.4, -0.2) is 40.8 Å². The number of hydrogen-bond acceptors (Lipinski definition) is 5. The molecule has 4 heterocycles. The van der Waals surface area contributed by atoms with Crippen molar-refractivity contribution >= 4 is 34.3 Å². The van der Waals surface area contributed by atoms with Crippen molar-refractivity contribution in [2.45, 2.75) is 24.5 Å². The molecule has 3 amide bonds. The van der Waals surface area contributed by atoms with Gasteiger partial charge in [0.2, 0.25) is 17.7 Å². The van der Waals surface area contributed by atoms with Crippen LogP contribution in [0.5, 0.6) is 5.75 Å². The lowest BCUT2D eigenvalue weighted by atomic mass is 9.76. The maximum absolute atomic E-state index is 14.1. The molecule has 3 aromatic carbocycles. The maximum Gasteiger partial charge on any atom is 0.250 e. The highest BCUT2D eigenvalue weighted by atomic mass is 16.5. The fraction of sp³-hybridized carbons (Fsp3) is 0.233. The summed E-state index contributed by atoms with van der Waals surface area (Å²) in [6.07, 6.45) is 2.44. The van der Waals surface area contributed by atoms with Crippen LogP contribution < -0.4 is 15.4 Å². The predicted octanol–water partition coefficient (Wildman–Crippen LogP) is 3.34. The van der Waals surface area contributed by atoms with Gasteiger partial charge in [-0.25, -0.2) is 0 Å². The normalized spacial score (nSPS) is 25.8. The summed E-state index contributed by atoms with van der Waals surface area (Å²) in [4.78, 5) is 46.5. The Morgan fingerprint density at radius 1 is 0.895 bits per heavy atom. The van der Waals surface area contributed by atoms with Gasteiger partial charge >= 0.3 is 0 Å². The topological polar surface area (TPSA) is 104 Å². The van der Waals surface area contributed by atoms with E-state index < -0.39 is 23.4 Å². The molecule has 2 saturated heterocycles. The lowest BCUT2D eigenvalue weighted by Crippen LogP contribution is -2.53. The van der Waals surface area contributed by atoms with E-state index in [0.717, 1.165) is 22.0 Å². The van der Waals surface area contributed by atoms with Crippen LogP contribution in [0.3, 0.4) is 0 Å². The number of likely N-dealkylation sites (tertiary alicyclic amines) is 1. The predicted molar refractivity (Wildman–Crippen MR) is 141 cm³/mol. The van der Waals surface area contributed by atoms with Gasteiger partial charge in [-0.1, -0.05) is 54.6 Å². The van der Waals surface area contributed by atoms with Crippen LogP contribution in [0.1, 0.15) is 16.7 Å². The summed E-state index contributed by atoms with van der Waals surface area (Å²) in [5.74, 6) is -1.84. The molecule has 4 aromatic rings. The Balaban J connectivity index is 1.33. The minimum Gasteiger partial charge on any atom is -0.496 e. The van der Waals surface area contributed by atoms with Crippen molar-refractivity contribution in [2.75, 3.05) is 12.4 Å². The van der Waals surface area contributed by atoms with Gasteiger partial charge in [-0.3, -0.25) is 24.6 Å². The van der Waals surface area contributed by atoms with E-state index in [2.05, 4.69) is 15.6 Å². The molecule has 3 N–H and O–H groups in total. The molecule has 0 unspecified atom stereocenters. The van der Waals surface area contributed by atoms with Crippen LogP contribution in [0.2, 0.25) is 0 Å². The van der Waals surface area contributed by atoms with Crippen LogP contribution in [0.4, 0.5) is 5.69 Å². The molecule has 38 heavy (non-hydrogen) atoms. The second-order valence-electron chi connectivity index (χ2n) is 10.2. The highest BCUT2D eigenvalue weighted by molar-refractivity contribution is 6.15. The van der Waals surface area contributed by atoms with Gasteiger partial charge in [0.25, 0.3) is 0 Å². The molecule has 0 aliphatic carbocycles. The third kappa shape index (κ3) is 3.04. The number of carbonyl (C=O) groups is 3. The number of fused-ring (bicyclic) bond motifs is 5. The molecule has 1 spiro atoms. The van der Waals surface area contributed by atoms with Gasteiger partial charge in [0, 0.05) is 40.0 Å². The Kier molecular flexibility index (Phi) is 4.96. The zero-order chi connectivity index (χ0) is 26.0. The molecule has 0 bridgehead atoms. The number of ether oxygens (including phenoxy) is 1. The number of para-hydroxylation sites is 3. The second-order valence-corrected chi connectivity index (χ2v) is 10.2. The maximum atomic E-state index is 14.1. The molecule has 3 aliphatic heterocycles. The number of hydrogen-bond donors (Lipinski definition) is 3. The highest BCUT2D eigenvalue weighted by Crippen LogP contribution is 2.53. The summed E-state index contributed by atoms with van der Waals surface area (Å²) >= 11 is 0. The molecule has 3 aliphatic rings. The van der Waals surface area contributed by atoms with Crippen molar-refractivity contribution in [3.05, 3.63) is 95.7 Å². The van der Waals surface area contributed by atoms with Gasteiger partial charge in [-0.2, -0.15) is 0 Å². The number of imide groups is 1. The molecule has 0 saturated carbocycles. The van der Waals surface area contributed by atoms with Crippen LogP contribution in [0, 0.1) is 11.8 Å². The van der Waals surface area contributed by atoms with E-state index in [-0.39, 0.29) is 24.3 Å². The van der Waals surface area contributed by atoms with Crippen LogP contribution in [-0.2, 0) is 32.9 Å². The number of H-pyrrole nitrogens is 1. The number of aromatic nitrogens is 1. The van der Waals surface area contributed by atoms with Gasteiger partial charge in [0.05, 0.1) is 25.5 Å². The third-order valence-electron chi connectivity index (χ3n) is 8.35. The second kappa shape index (κ2) is 8.29. The van der Waals surface area contributed by atoms with Gasteiger partial charge < -0.3 is 15.0 Å². The van der Waals surface area contributed by atoms with Gasteiger partial charge in [0.15, 0.2) is 0 Å². The number of anilines is 1. The van der Waals surface area contributed by atoms with E-state index in [1.807, 2.05) is 79.0 Å². The fourth-order valence-corrected chi connectivity index (χ4v) is 6.69. The molecule has 7 rings (SSSR count). The number of benzene rings is 3. The zero-order valence-corrected chi connectivity index (χ0v) is 20.7. The van der Waals surface area contributed by atoms with Crippen LogP contribution >= 0.6 is 0 Å². The van der Waals surface area contributed by atoms with E-state index in [0.29, 0.717) is 23.4 Å². The largest absolute Gasteiger partial charge is 0.496 e. The van der Waals surface area contributed by atoms with E-state index in [9.17, 15) is 14.4 Å². The average molecular weight is 507 g/mol. The molecule has 1 aromatic heterocycles. The fourth-order valence-electron chi connectivity index (χ4n) is 6.69. The summed E-state index contributed by atoms with van der Waals surface area (Å²) < 4.78 is 5.48. The van der Waals surface area contributed by atoms with Gasteiger partial charge in [0.1, 0.15) is 11.3 Å². The van der Waals surface area contributed by atoms with E-state index in [4.69, 9.17) is 4.74 Å². The van der Waals surface area contributed by atoms with E-state index >= 15 is 0 Å². The SMILES string of the molecule is COc1ccccc1CN1C(=O)[C@H]2[C@@H](C1=O)[C@]1(N[C@@H]2Cc2c[nH]c3ccccc23)C(=O)Nc2ccccc21. The summed E-state index contributed by atoms with van der Waals surface area (Å²) in [7, 11) is 1.57. The summed E-state index contributed by atoms with van der Waals surface area (Å²) in [6.45, 7) is 0.0911. The number of nitrogens with zero attached hydrogens (tertiary/aromatic N) is 1. The molecule has 2 fully saturated rings. The molecule has 0 radical (unpaired) electrons. The van der Waals surface area contributed by atoms with Gasteiger partial charge in [-0.15, -0.1) is 0 Å². The minimum absolute atomic E-state index is 0.0911. The number of aromatic amines is 1. The summed E-state index contributed by atoms with van der Waals surface area (Å²) in [6, 6.07) is 22.3. The minimum atomic E-state index is -1.32. The van der Waals surface area contributed by atoms with Crippen molar-refractivity contribution in [1.82, 2.24) is 15.2 Å². The van der Waals surface area contributed by atoms with E-state index in [1.54, 1.807) is 7.11 Å². The molecule has 4 atom stereocenters. The lowest BCUT2D eigenvalue weighted by molar-refractivity contribution is -0.143. The van der Waals surface area contributed by atoms with Crippen molar-refractivity contribution in [3.8, 4) is 5.75 Å². The van der Waals surface area contributed by atoms with Crippen molar-refractivity contribution in [1.29, 1.82) is 0 Å². The lowest BCUT2D eigenvalue weighted by Gasteiger charge is -2.29. The summed E-state index contributed by atoms with van der Waals surface area (Å²) in [5.41, 5.74) is 2.83. The Hall–Kier alpha value is -4.43. The number of amides is 3. The van der Waals surface area contributed by atoms with Gasteiger partial charge in [-0.05, 0) is 30.2 Å². The van der Waals surface area contributed by atoms with Crippen molar-refractivity contribution < 1.29 is 19.1 Å². The van der Waals surface area contributed by atoms with E-state index in [1.165, 1.54) is 4.90 Å². The number of rotatable bonds is 5. The smallest absolute Gasteiger partial charge is 0.250 e. The Bertz CT molecular complexity index is 1630. The Morgan fingerprint density at radius 3 is 2.53 bits per heavy atom. The Labute approximate surface area is 219 Å². The first kappa shape index (κ1) is 22.7. The quantitative estimate of drug-likeness (QED) is 0.360.